The van der Waals surface area contributed by atoms with Crippen molar-refractivity contribution in [1.82, 2.24) is 0 Å². The molecule has 0 amide bonds. The molecule has 1 atom stereocenters. The molecule has 3 rings (SSSR count). The minimum Gasteiger partial charge on any atom is -0.475 e. The Morgan fingerprint density at radius 1 is 1.13 bits per heavy atom. The summed E-state index contributed by atoms with van der Waals surface area (Å²) < 4.78 is 28.5. The average molecular weight is 315 g/mol. The third-order valence-electron chi connectivity index (χ3n) is 3.27. The summed E-state index contributed by atoms with van der Waals surface area (Å²) in [4.78, 5) is 15.6. The first-order valence-corrected chi connectivity index (χ1v) is 6.98. The molecular formula is C17H14FNO4. The van der Waals surface area contributed by atoms with Gasteiger partial charge in [0.25, 0.3) is 0 Å². The Morgan fingerprint density at radius 3 is 2.35 bits per heavy atom. The minimum absolute atomic E-state index is 0.176. The molecule has 0 bridgehead atoms. The van der Waals surface area contributed by atoms with Crippen molar-refractivity contribution in [1.29, 1.82) is 0 Å². The summed E-state index contributed by atoms with van der Waals surface area (Å²) in [5.74, 6) is 0.803. The second kappa shape index (κ2) is 6.48. The number of hydrogen-bond acceptors (Lipinski definition) is 5. The summed E-state index contributed by atoms with van der Waals surface area (Å²) in [6, 6.07) is 12.2. The van der Waals surface area contributed by atoms with Gasteiger partial charge in [-0.15, -0.1) is 0 Å². The van der Waals surface area contributed by atoms with E-state index in [2.05, 4.69) is 9.73 Å². The van der Waals surface area contributed by atoms with Crippen LogP contribution in [0.25, 0.3) is 0 Å². The van der Waals surface area contributed by atoms with Crippen molar-refractivity contribution in [2.75, 3.05) is 13.7 Å². The number of halogens is 1. The molecule has 0 aromatic heterocycles. The fraction of sp³-hybridized carbons (Fsp3) is 0.176. The molecule has 0 spiro atoms. The van der Waals surface area contributed by atoms with Crippen LogP contribution in [0.4, 0.5) is 4.39 Å². The van der Waals surface area contributed by atoms with Crippen LogP contribution >= 0.6 is 0 Å². The zero-order valence-electron chi connectivity index (χ0n) is 12.4. The summed E-state index contributed by atoms with van der Waals surface area (Å²) in [6.45, 7) is 0.176. The number of carbonyl (C=O) groups is 1. The summed E-state index contributed by atoms with van der Waals surface area (Å²) in [7, 11) is 1.32. The van der Waals surface area contributed by atoms with E-state index in [0.717, 1.165) is 5.56 Å². The van der Waals surface area contributed by atoms with Crippen molar-refractivity contribution < 1.29 is 23.4 Å². The normalized spacial score (nSPS) is 16.4. The van der Waals surface area contributed by atoms with Crippen LogP contribution in [0.2, 0.25) is 0 Å². The van der Waals surface area contributed by atoms with Crippen LogP contribution in [-0.2, 0) is 14.3 Å². The number of esters is 1. The fourth-order valence-electron chi connectivity index (χ4n) is 2.09. The molecule has 1 unspecified atom stereocenters. The maximum Gasteiger partial charge on any atom is 0.334 e. The molecule has 2 aromatic carbocycles. The fourth-order valence-corrected chi connectivity index (χ4v) is 2.09. The molecule has 118 valence electrons. The van der Waals surface area contributed by atoms with Gasteiger partial charge in [-0.25, -0.2) is 14.2 Å². The molecule has 0 saturated carbocycles. The smallest absolute Gasteiger partial charge is 0.334 e. The molecule has 0 radical (unpaired) electrons. The van der Waals surface area contributed by atoms with Crippen LogP contribution in [0.15, 0.2) is 53.5 Å². The number of benzene rings is 2. The van der Waals surface area contributed by atoms with E-state index in [0.29, 0.717) is 17.4 Å². The summed E-state index contributed by atoms with van der Waals surface area (Å²) >= 11 is 0. The molecule has 0 saturated heterocycles. The van der Waals surface area contributed by atoms with Gasteiger partial charge in [0.2, 0.25) is 5.90 Å². The molecule has 23 heavy (non-hydrogen) atoms. The highest BCUT2D eigenvalue weighted by molar-refractivity contribution is 5.97. The van der Waals surface area contributed by atoms with Gasteiger partial charge in [0.1, 0.15) is 23.9 Å². The Hall–Kier alpha value is -2.89. The number of ether oxygens (including phenoxy) is 3. The highest BCUT2D eigenvalue weighted by Crippen LogP contribution is 2.23. The summed E-state index contributed by atoms with van der Waals surface area (Å²) in [5, 5.41) is 0. The van der Waals surface area contributed by atoms with E-state index in [4.69, 9.17) is 9.47 Å². The molecule has 1 aliphatic rings. The summed E-state index contributed by atoms with van der Waals surface area (Å²) in [5.41, 5.74) is 0.739. The van der Waals surface area contributed by atoms with Gasteiger partial charge in [-0.1, -0.05) is 0 Å². The van der Waals surface area contributed by atoms with E-state index in [1.807, 2.05) is 0 Å². The molecule has 0 aliphatic carbocycles. The predicted molar refractivity (Wildman–Crippen MR) is 81.2 cm³/mol. The lowest BCUT2D eigenvalue weighted by atomic mass is 10.2. The molecule has 2 aromatic rings. The Bertz CT molecular complexity index is 725. The van der Waals surface area contributed by atoms with Gasteiger partial charge >= 0.3 is 5.97 Å². The molecule has 1 aliphatic heterocycles. The summed E-state index contributed by atoms with van der Waals surface area (Å²) in [6.07, 6.45) is 0. The third-order valence-corrected chi connectivity index (χ3v) is 3.27. The van der Waals surface area contributed by atoms with Crippen molar-refractivity contribution in [3.63, 3.8) is 0 Å². The molecule has 1 heterocycles. The van der Waals surface area contributed by atoms with Crippen LogP contribution < -0.4 is 4.74 Å². The SMILES string of the molecule is COC(=O)C1COC(c2ccc(Oc3ccc(F)cc3)cc2)=N1. The number of nitrogens with zero attached hydrogens (tertiary/aromatic N) is 1. The predicted octanol–water partition coefficient (Wildman–Crippen LogP) is 2.94. The van der Waals surface area contributed by atoms with Crippen LogP contribution in [0, 0.1) is 5.82 Å². The van der Waals surface area contributed by atoms with Gasteiger partial charge in [0.05, 0.1) is 7.11 Å². The van der Waals surface area contributed by atoms with Crippen molar-refractivity contribution in [2.24, 2.45) is 4.99 Å². The van der Waals surface area contributed by atoms with Gasteiger partial charge in [-0.3, -0.25) is 0 Å². The Morgan fingerprint density at radius 2 is 1.74 bits per heavy atom. The molecule has 0 fully saturated rings. The first-order valence-electron chi connectivity index (χ1n) is 6.98. The number of aliphatic imine (C=N–C) groups is 1. The maximum absolute atomic E-state index is 12.8. The lowest BCUT2D eigenvalue weighted by Gasteiger charge is -2.06. The second-order valence-electron chi connectivity index (χ2n) is 4.86. The van der Waals surface area contributed by atoms with E-state index in [9.17, 15) is 9.18 Å². The van der Waals surface area contributed by atoms with Crippen LogP contribution in [0.1, 0.15) is 5.56 Å². The lowest BCUT2D eigenvalue weighted by Crippen LogP contribution is -2.21. The maximum atomic E-state index is 12.8. The topological polar surface area (TPSA) is 57.1 Å². The van der Waals surface area contributed by atoms with Gasteiger partial charge in [-0.05, 0) is 48.5 Å². The molecular weight excluding hydrogens is 301 g/mol. The Kier molecular flexibility index (Phi) is 4.23. The van der Waals surface area contributed by atoms with Crippen molar-refractivity contribution in [2.45, 2.75) is 6.04 Å². The van der Waals surface area contributed by atoms with Gasteiger partial charge in [-0.2, -0.15) is 0 Å². The van der Waals surface area contributed by atoms with Crippen molar-refractivity contribution >= 4 is 11.9 Å². The van der Waals surface area contributed by atoms with Crippen LogP contribution in [0.5, 0.6) is 11.5 Å². The first kappa shape index (κ1) is 15.0. The highest BCUT2D eigenvalue weighted by Gasteiger charge is 2.27. The second-order valence-corrected chi connectivity index (χ2v) is 4.86. The monoisotopic (exact) mass is 315 g/mol. The third kappa shape index (κ3) is 3.48. The number of hydrogen-bond donors (Lipinski definition) is 0. The number of rotatable bonds is 4. The quantitative estimate of drug-likeness (QED) is 0.814. The number of carbonyl (C=O) groups excluding carboxylic acids is 1. The van der Waals surface area contributed by atoms with Crippen molar-refractivity contribution in [3.05, 3.63) is 59.9 Å². The van der Waals surface area contributed by atoms with E-state index in [1.54, 1.807) is 36.4 Å². The van der Waals surface area contributed by atoms with Crippen LogP contribution in [0.3, 0.4) is 0 Å². The highest BCUT2D eigenvalue weighted by atomic mass is 19.1. The van der Waals surface area contributed by atoms with E-state index in [1.165, 1.54) is 19.2 Å². The van der Waals surface area contributed by atoms with E-state index >= 15 is 0 Å². The van der Waals surface area contributed by atoms with Crippen molar-refractivity contribution in [3.8, 4) is 11.5 Å². The van der Waals surface area contributed by atoms with E-state index < -0.39 is 12.0 Å². The first-order chi connectivity index (χ1) is 11.2. The van der Waals surface area contributed by atoms with E-state index in [-0.39, 0.29) is 12.4 Å². The number of methoxy groups -OCH3 is 1. The largest absolute Gasteiger partial charge is 0.475 e. The molecule has 0 N–H and O–H groups in total. The standard InChI is InChI=1S/C17H14FNO4/c1-21-17(20)15-10-22-16(19-15)11-2-6-13(7-3-11)23-14-8-4-12(18)5-9-14/h2-9,15H,10H2,1H3. The van der Waals surface area contributed by atoms with Gasteiger partial charge in [0, 0.05) is 5.56 Å². The van der Waals surface area contributed by atoms with Crippen LogP contribution in [-0.4, -0.2) is 31.6 Å². The van der Waals surface area contributed by atoms with Gasteiger partial charge in [0.15, 0.2) is 6.04 Å². The Balaban J connectivity index is 1.70. The molecule has 5 nitrogen and oxygen atoms in total. The van der Waals surface area contributed by atoms with Gasteiger partial charge < -0.3 is 14.2 Å². The molecule has 6 heteroatoms. The minimum atomic E-state index is -0.620. The average Bonchev–Trinajstić information content (AvgIpc) is 3.07. The lowest BCUT2D eigenvalue weighted by molar-refractivity contribution is -0.142. The Labute approximate surface area is 132 Å². The zero-order chi connectivity index (χ0) is 16.2. The zero-order valence-corrected chi connectivity index (χ0v) is 12.4.